The molecular weight excluding hydrogens is 274 g/mol. The Balaban J connectivity index is 0.000000982. The molecule has 0 unspecified atom stereocenters. The van der Waals surface area contributed by atoms with Gasteiger partial charge in [-0.1, -0.05) is 50.6 Å². The first-order valence-electron chi connectivity index (χ1n) is 5.43. The lowest BCUT2D eigenvalue weighted by Crippen LogP contribution is -2.53. The first-order chi connectivity index (χ1) is 8.52. The fourth-order valence-electron chi connectivity index (χ4n) is 1.17. The molecule has 1 rings (SSSR count). The lowest BCUT2D eigenvalue weighted by molar-refractivity contribution is -0.376. The van der Waals surface area contributed by atoms with Gasteiger partial charge in [0.25, 0.3) is 5.60 Å². The second-order valence-corrected chi connectivity index (χ2v) is 3.78. The van der Waals surface area contributed by atoms with Crippen LogP contribution < -0.4 is 0 Å². The van der Waals surface area contributed by atoms with Crippen LogP contribution >= 0.6 is 0 Å². The molecule has 1 aromatic rings. The van der Waals surface area contributed by atoms with Gasteiger partial charge in [0.15, 0.2) is 0 Å². The maximum atomic E-state index is 12.3. The zero-order chi connectivity index (χ0) is 15.3. The predicted molar refractivity (Wildman–Crippen MR) is 58.4 cm³/mol. The molecule has 1 nitrogen and oxygen atoms in total. The summed E-state index contributed by atoms with van der Waals surface area (Å²) in [4.78, 5) is 0. The minimum Gasteiger partial charge on any atom is -0.369 e. The van der Waals surface area contributed by atoms with Crippen LogP contribution in [0.3, 0.4) is 0 Å². The van der Waals surface area contributed by atoms with E-state index in [0.717, 1.165) is 12.1 Å². The summed E-state index contributed by atoms with van der Waals surface area (Å²) in [5.41, 5.74) is -6.09. The lowest BCUT2D eigenvalue weighted by Gasteiger charge is -2.32. The van der Waals surface area contributed by atoms with E-state index in [1.807, 2.05) is 0 Å². The molecule has 0 aliphatic carbocycles. The van der Waals surface area contributed by atoms with Crippen LogP contribution in [0.5, 0.6) is 0 Å². The highest BCUT2D eigenvalue weighted by atomic mass is 19.4. The molecule has 7 heteroatoms. The third-order valence-corrected chi connectivity index (χ3v) is 2.01. The number of hydrogen-bond donors (Lipinski definition) is 1. The van der Waals surface area contributed by atoms with E-state index < -0.39 is 23.5 Å². The number of benzene rings is 1. The highest BCUT2D eigenvalue weighted by Gasteiger charge is 2.71. The third-order valence-electron chi connectivity index (χ3n) is 2.01. The van der Waals surface area contributed by atoms with Gasteiger partial charge >= 0.3 is 12.4 Å². The first kappa shape index (κ1) is 17.8. The number of alkyl halides is 6. The van der Waals surface area contributed by atoms with Gasteiger partial charge in [0.2, 0.25) is 0 Å². The van der Waals surface area contributed by atoms with Crippen molar-refractivity contribution in [3.8, 4) is 0 Å². The Morgan fingerprint density at radius 2 is 1.16 bits per heavy atom. The van der Waals surface area contributed by atoms with Crippen molar-refractivity contribution in [2.45, 2.75) is 38.2 Å². The molecule has 0 aromatic heterocycles. The van der Waals surface area contributed by atoms with E-state index in [4.69, 9.17) is 5.11 Å². The predicted octanol–water partition coefficient (Wildman–Crippen LogP) is 4.42. The average Bonchev–Trinajstić information content (AvgIpc) is 2.27. The molecule has 0 heterocycles. The minimum atomic E-state index is -5.83. The van der Waals surface area contributed by atoms with Crippen LogP contribution in [0.1, 0.15) is 25.8 Å². The van der Waals surface area contributed by atoms with Crippen molar-refractivity contribution in [3.05, 3.63) is 35.9 Å². The fourth-order valence-corrected chi connectivity index (χ4v) is 1.17. The monoisotopic (exact) mass is 288 g/mol. The second kappa shape index (κ2) is 6.27. The lowest BCUT2D eigenvalue weighted by atomic mass is 9.92. The summed E-state index contributed by atoms with van der Waals surface area (Å²) in [7, 11) is 0. The van der Waals surface area contributed by atoms with Crippen molar-refractivity contribution in [1.29, 1.82) is 0 Å². The molecule has 0 atom stereocenters. The van der Waals surface area contributed by atoms with Gasteiger partial charge in [0.05, 0.1) is 0 Å². The van der Waals surface area contributed by atoms with E-state index >= 15 is 0 Å². The van der Waals surface area contributed by atoms with Crippen molar-refractivity contribution in [3.63, 3.8) is 0 Å². The zero-order valence-electron chi connectivity index (χ0n) is 10.3. The SMILES string of the molecule is CCC.OC(c1ccccc1)(C(F)(F)F)C(F)(F)F. The van der Waals surface area contributed by atoms with Crippen molar-refractivity contribution >= 4 is 0 Å². The largest absolute Gasteiger partial charge is 0.430 e. The second-order valence-electron chi connectivity index (χ2n) is 3.78. The summed E-state index contributed by atoms with van der Waals surface area (Å²) >= 11 is 0. The van der Waals surface area contributed by atoms with Gasteiger partial charge in [0, 0.05) is 5.56 Å². The Bertz CT molecular complexity index is 354. The van der Waals surface area contributed by atoms with E-state index in [1.54, 1.807) is 0 Å². The summed E-state index contributed by atoms with van der Waals surface area (Å²) in [5.74, 6) is 0. The standard InChI is InChI=1S/C9H6F6O.C3H8/c10-8(11,12)7(16,9(13,14)15)6-4-2-1-3-5-6;1-3-2/h1-5,16H;3H2,1-2H3. The van der Waals surface area contributed by atoms with Crippen LogP contribution in [0.25, 0.3) is 0 Å². The summed E-state index contributed by atoms with van der Waals surface area (Å²) in [6, 6.07) is 4.36. The van der Waals surface area contributed by atoms with Gasteiger partial charge in [-0.25, -0.2) is 0 Å². The van der Waals surface area contributed by atoms with Crippen LogP contribution in [-0.2, 0) is 5.60 Å². The van der Waals surface area contributed by atoms with Gasteiger partial charge in [-0.05, 0) is 0 Å². The molecule has 0 radical (unpaired) electrons. The summed E-state index contributed by atoms with van der Waals surface area (Å²) < 4.78 is 73.9. The van der Waals surface area contributed by atoms with E-state index in [2.05, 4.69) is 13.8 Å². The average molecular weight is 288 g/mol. The van der Waals surface area contributed by atoms with E-state index in [0.29, 0.717) is 12.1 Å². The van der Waals surface area contributed by atoms with Gasteiger partial charge in [-0.15, -0.1) is 0 Å². The molecule has 0 amide bonds. The Labute approximate surface area is 106 Å². The summed E-state index contributed by atoms with van der Waals surface area (Å²) in [5, 5.41) is 8.91. The van der Waals surface area contributed by atoms with Crippen LogP contribution in [0.4, 0.5) is 26.3 Å². The topological polar surface area (TPSA) is 20.2 Å². The third kappa shape index (κ3) is 3.86. The van der Waals surface area contributed by atoms with Crippen LogP contribution in [-0.4, -0.2) is 17.5 Å². The van der Waals surface area contributed by atoms with Gasteiger partial charge in [-0.3, -0.25) is 0 Å². The number of aliphatic hydroxyl groups is 1. The molecule has 0 aliphatic rings. The molecule has 0 saturated heterocycles. The first-order valence-corrected chi connectivity index (χ1v) is 5.43. The van der Waals surface area contributed by atoms with Crippen LogP contribution in [0.2, 0.25) is 0 Å². The van der Waals surface area contributed by atoms with Crippen molar-refractivity contribution in [2.24, 2.45) is 0 Å². The summed E-state index contributed by atoms with van der Waals surface area (Å²) in [6.07, 6.45) is -10.4. The van der Waals surface area contributed by atoms with E-state index in [9.17, 15) is 26.3 Å². The molecule has 0 spiro atoms. The molecule has 110 valence electrons. The fraction of sp³-hybridized carbons (Fsp3) is 0.500. The zero-order valence-corrected chi connectivity index (χ0v) is 10.3. The Morgan fingerprint density at radius 3 is 1.42 bits per heavy atom. The normalized spacial score (nSPS) is 12.7. The number of hydrogen-bond acceptors (Lipinski definition) is 1. The van der Waals surface area contributed by atoms with Crippen molar-refractivity contribution < 1.29 is 31.4 Å². The molecular formula is C12H14F6O. The maximum absolute atomic E-state index is 12.3. The highest BCUT2D eigenvalue weighted by molar-refractivity contribution is 5.26. The molecule has 0 fully saturated rings. The highest BCUT2D eigenvalue weighted by Crippen LogP contribution is 2.49. The molecule has 0 bridgehead atoms. The minimum absolute atomic E-state index is 0.570. The quantitative estimate of drug-likeness (QED) is 0.759. The molecule has 1 N–H and O–H groups in total. The molecule has 1 aromatic carbocycles. The maximum Gasteiger partial charge on any atom is 0.430 e. The van der Waals surface area contributed by atoms with Gasteiger partial charge in [-0.2, -0.15) is 26.3 Å². The molecule has 0 aliphatic heterocycles. The molecule has 0 saturated carbocycles. The van der Waals surface area contributed by atoms with Crippen molar-refractivity contribution in [1.82, 2.24) is 0 Å². The smallest absolute Gasteiger partial charge is 0.369 e. The number of rotatable bonds is 1. The van der Waals surface area contributed by atoms with Crippen LogP contribution in [0.15, 0.2) is 30.3 Å². The van der Waals surface area contributed by atoms with E-state index in [1.165, 1.54) is 12.5 Å². The summed E-state index contributed by atoms with van der Waals surface area (Å²) in [6.45, 7) is 4.25. The molecule has 19 heavy (non-hydrogen) atoms. The van der Waals surface area contributed by atoms with E-state index in [-0.39, 0.29) is 0 Å². The number of halogens is 6. The Hall–Kier alpha value is -1.24. The van der Waals surface area contributed by atoms with Crippen LogP contribution in [0, 0.1) is 0 Å². The van der Waals surface area contributed by atoms with Gasteiger partial charge < -0.3 is 5.11 Å². The van der Waals surface area contributed by atoms with Crippen molar-refractivity contribution in [2.75, 3.05) is 0 Å². The van der Waals surface area contributed by atoms with Gasteiger partial charge in [0.1, 0.15) is 0 Å². The Morgan fingerprint density at radius 1 is 0.842 bits per heavy atom. The Kier molecular flexibility index (Phi) is 5.86.